The highest BCUT2D eigenvalue weighted by Gasteiger charge is 2.07. The first-order valence-electron chi connectivity index (χ1n) is 4.82. The molecule has 16 heavy (non-hydrogen) atoms. The molecule has 0 atom stereocenters. The first-order valence-corrected chi connectivity index (χ1v) is 5.61. The SMILES string of the molecule is CN(Cc1cccc(Br)c1)C(=O)CCN.Cl. The fourth-order valence-corrected chi connectivity index (χ4v) is 1.76. The summed E-state index contributed by atoms with van der Waals surface area (Å²) in [5.41, 5.74) is 6.44. The molecule has 1 amide bonds. The molecule has 0 radical (unpaired) electrons. The van der Waals surface area contributed by atoms with Gasteiger partial charge in [0.05, 0.1) is 0 Å². The first-order chi connectivity index (χ1) is 7.13. The monoisotopic (exact) mass is 306 g/mol. The van der Waals surface area contributed by atoms with Gasteiger partial charge >= 0.3 is 0 Å². The van der Waals surface area contributed by atoms with E-state index < -0.39 is 0 Å². The second kappa shape index (κ2) is 7.65. The summed E-state index contributed by atoms with van der Waals surface area (Å²) in [6, 6.07) is 7.93. The molecule has 0 aliphatic rings. The first kappa shape index (κ1) is 15.4. The van der Waals surface area contributed by atoms with Gasteiger partial charge in [0, 0.05) is 31.0 Å². The normalized spacial score (nSPS) is 9.44. The van der Waals surface area contributed by atoms with Crippen LogP contribution in [-0.2, 0) is 11.3 Å². The minimum Gasteiger partial charge on any atom is -0.341 e. The zero-order chi connectivity index (χ0) is 11.3. The van der Waals surface area contributed by atoms with Crippen LogP contribution in [0, 0.1) is 0 Å². The van der Waals surface area contributed by atoms with Crippen LogP contribution in [0.4, 0.5) is 0 Å². The smallest absolute Gasteiger partial charge is 0.223 e. The Labute approximate surface area is 111 Å². The number of nitrogens with zero attached hydrogens (tertiary/aromatic N) is 1. The molecule has 2 N–H and O–H groups in total. The van der Waals surface area contributed by atoms with E-state index in [1.54, 1.807) is 11.9 Å². The Kier molecular flexibility index (Phi) is 7.38. The minimum atomic E-state index is 0. The van der Waals surface area contributed by atoms with Crippen LogP contribution in [0.5, 0.6) is 0 Å². The molecule has 1 rings (SSSR count). The number of halogens is 2. The highest BCUT2D eigenvalue weighted by atomic mass is 79.9. The number of hydrogen-bond donors (Lipinski definition) is 1. The van der Waals surface area contributed by atoms with E-state index in [-0.39, 0.29) is 18.3 Å². The van der Waals surface area contributed by atoms with Gasteiger partial charge in [-0.2, -0.15) is 0 Å². The molecule has 0 aromatic heterocycles. The van der Waals surface area contributed by atoms with Gasteiger partial charge in [-0.15, -0.1) is 12.4 Å². The lowest BCUT2D eigenvalue weighted by Crippen LogP contribution is -2.27. The molecule has 0 saturated carbocycles. The van der Waals surface area contributed by atoms with Gasteiger partial charge in [0.25, 0.3) is 0 Å². The number of hydrogen-bond acceptors (Lipinski definition) is 2. The summed E-state index contributed by atoms with van der Waals surface area (Å²) in [4.78, 5) is 13.2. The largest absolute Gasteiger partial charge is 0.341 e. The summed E-state index contributed by atoms with van der Waals surface area (Å²) in [5.74, 6) is 0.0810. The van der Waals surface area contributed by atoms with Crippen molar-refractivity contribution in [2.45, 2.75) is 13.0 Å². The summed E-state index contributed by atoms with van der Waals surface area (Å²) in [7, 11) is 1.79. The Morgan fingerprint density at radius 1 is 1.50 bits per heavy atom. The van der Waals surface area contributed by atoms with Crippen LogP contribution in [0.2, 0.25) is 0 Å². The van der Waals surface area contributed by atoms with E-state index in [9.17, 15) is 4.79 Å². The molecule has 3 nitrogen and oxygen atoms in total. The maximum absolute atomic E-state index is 11.5. The van der Waals surface area contributed by atoms with Gasteiger partial charge in [0.15, 0.2) is 0 Å². The van der Waals surface area contributed by atoms with Gasteiger partial charge in [0.1, 0.15) is 0 Å². The molecule has 0 aliphatic carbocycles. The van der Waals surface area contributed by atoms with Crippen molar-refractivity contribution in [2.75, 3.05) is 13.6 Å². The van der Waals surface area contributed by atoms with E-state index in [1.165, 1.54) is 0 Å². The molecule has 0 spiro atoms. The van der Waals surface area contributed by atoms with Gasteiger partial charge in [-0.05, 0) is 17.7 Å². The van der Waals surface area contributed by atoms with Crippen molar-refractivity contribution in [2.24, 2.45) is 5.73 Å². The van der Waals surface area contributed by atoms with E-state index >= 15 is 0 Å². The van der Waals surface area contributed by atoms with Gasteiger partial charge in [-0.25, -0.2) is 0 Å². The van der Waals surface area contributed by atoms with Crippen molar-refractivity contribution >= 4 is 34.2 Å². The second-order valence-electron chi connectivity index (χ2n) is 3.42. The molecule has 5 heteroatoms. The lowest BCUT2D eigenvalue weighted by Gasteiger charge is -2.16. The van der Waals surface area contributed by atoms with Crippen LogP contribution >= 0.6 is 28.3 Å². The number of amides is 1. The zero-order valence-electron chi connectivity index (χ0n) is 9.15. The molecule has 0 unspecified atom stereocenters. The highest BCUT2D eigenvalue weighted by molar-refractivity contribution is 9.10. The van der Waals surface area contributed by atoms with E-state index in [4.69, 9.17) is 5.73 Å². The zero-order valence-corrected chi connectivity index (χ0v) is 11.6. The van der Waals surface area contributed by atoms with Gasteiger partial charge in [-0.1, -0.05) is 28.1 Å². The maximum atomic E-state index is 11.5. The third-order valence-electron chi connectivity index (χ3n) is 2.09. The Morgan fingerprint density at radius 3 is 2.75 bits per heavy atom. The van der Waals surface area contributed by atoms with Crippen molar-refractivity contribution in [1.82, 2.24) is 4.90 Å². The van der Waals surface area contributed by atoms with Gasteiger partial charge in [-0.3, -0.25) is 4.79 Å². The average molecular weight is 308 g/mol. The Morgan fingerprint density at radius 2 is 2.19 bits per heavy atom. The summed E-state index contributed by atoms with van der Waals surface area (Å²) >= 11 is 3.40. The van der Waals surface area contributed by atoms with Crippen molar-refractivity contribution in [3.8, 4) is 0 Å². The molecule has 0 saturated heterocycles. The minimum absolute atomic E-state index is 0. The van der Waals surface area contributed by atoms with E-state index in [0.717, 1.165) is 10.0 Å². The molecule has 90 valence electrons. The topological polar surface area (TPSA) is 46.3 Å². The fourth-order valence-electron chi connectivity index (χ4n) is 1.31. The van der Waals surface area contributed by atoms with E-state index in [0.29, 0.717) is 19.5 Å². The van der Waals surface area contributed by atoms with E-state index in [1.807, 2.05) is 24.3 Å². The summed E-state index contributed by atoms with van der Waals surface area (Å²) in [6.45, 7) is 1.03. The van der Waals surface area contributed by atoms with Crippen molar-refractivity contribution in [3.63, 3.8) is 0 Å². The highest BCUT2D eigenvalue weighted by Crippen LogP contribution is 2.13. The summed E-state index contributed by atoms with van der Waals surface area (Å²) in [5, 5.41) is 0. The van der Waals surface area contributed by atoms with Crippen molar-refractivity contribution in [3.05, 3.63) is 34.3 Å². The standard InChI is InChI=1S/C11H15BrN2O.ClH/c1-14(11(15)5-6-13)8-9-3-2-4-10(12)7-9;/h2-4,7H,5-6,8,13H2,1H3;1H. The quantitative estimate of drug-likeness (QED) is 0.927. The average Bonchev–Trinajstić information content (AvgIpc) is 2.18. The van der Waals surface area contributed by atoms with Gasteiger partial charge in [0.2, 0.25) is 5.91 Å². The molecule has 0 heterocycles. The molecular formula is C11H16BrClN2O. The fraction of sp³-hybridized carbons (Fsp3) is 0.364. The summed E-state index contributed by atoms with van der Waals surface area (Å²) in [6.07, 6.45) is 0.407. The third kappa shape index (κ3) is 4.96. The van der Waals surface area contributed by atoms with Gasteiger partial charge < -0.3 is 10.6 Å². The molecule has 1 aromatic carbocycles. The number of carbonyl (C=O) groups is 1. The molecule has 0 bridgehead atoms. The maximum Gasteiger partial charge on any atom is 0.223 e. The van der Waals surface area contributed by atoms with Crippen molar-refractivity contribution in [1.29, 1.82) is 0 Å². The Balaban J connectivity index is 0.00000225. The number of rotatable bonds is 4. The molecular weight excluding hydrogens is 291 g/mol. The van der Waals surface area contributed by atoms with Crippen molar-refractivity contribution < 1.29 is 4.79 Å². The van der Waals surface area contributed by atoms with Crippen LogP contribution in [0.25, 0.3) is 0 Å². The van der Waals surface area contributed by atoms with Crippen LogP contribution in [0.1, 0.15) is 12.0 Å². The number of nitrogens with two attached hydrogens (primary N) is 1. The van der Waals surface area contributed by atoms with Crippen LogP contribution in [-0.4, -0.2) is 24.4 Å². The lowest BCUT2D eigenvalue weighted by atomic mass is 10.2. The van der Waals surface area contributed by atoms with Crippen LogP contribution < -0.4 is 5.73 Å². The van der Waals surface area contributed by atoms with Crippen LogP contribution in [0.15, 0.2) is 28.7 Å². The lowest BCUT2D eigenvalue weighted by molar-refractivity contribution is -0.130. The summed E-state index contributed by atoms with van der Waals surface area (Å²) < 4.78 is 1.03. The molecule has 0 aliphatic heterocycles. The van der Waals surface area contributed by atoms with Crippen LogP contribution in [0.3, 0.4) is 0 Å². The predicted octanol–water partition coefficient (Wildman–Crippen LogP) is 2.18. The predicted molar refractivity (Wildman–Crippen MR) is 71.5 cm³/mol. The van der Waals surface area contributed by atoms with E-state index in [2.05, 4.69) is 15.9 Å². The second-order valence-corrected chi connectivity index (χ2v) is 4.33. The Hall–Kier alpha value is -0.580. The number of benzene rings is 1. The molecule has 0 fully saturated rings. The number of carbonyl (C=O) groups excluding carboxylic acids is 1. The Bertz CT molecular complexity index is 347. The molecule has 1 aromatic rings. The third-order valence-corrected chi connectivity index (χ3v) is 2.59.